The smallest absolute Gasteiger partial charge is 0.330 e. The van der Waals surface area contributed by atoms with E-state index in [9.17, 15) is 9.90 Å². The second kappa shape index (κ2) is 5.67. The van der Waals surface area contributed by atoms with Gasteiger partial charge in [-0.2, -0.15) is 0 Å². The average Bonchev–Trinajstić information content (AvgIpc) is 2.16. The van der Waals surface area contributed by atoms with Gasteiger partial charge in [0.2, 0.25) is 0 Å². The molecular weight excluding hydrogens is 216 g/mol. The van der Waals surface area contributed by atoms with Crippen LogP contribution < -0.4 is 0 Å². The van der Waals surface area contributed by atoms with E-state index in [1.165, 1.54) is 32.1 Å². The lowest BCUT2D eigenvalue weighted by atomic mass is 9.88. The quantitative estimate of drug-likeness (QED) is 0.597. The molecule has 1 N–H and O–H groups in total. The minimum Gasteiger partial charge on any atom is -0.478 e. The summed E-state index contributed by atoms with van der Waals surface area (Å²) < 4.78 is 0. The van der Waals surface area contributed by atoms with Gasteiger partial charge in [0.1, 0.15) is 0 Å². The minimum absolute atomic E-state index is 0.524. The van der Waals surface area contributed by atoms with Crippen molar-refractivity contribution in [2.24, 2.45) is 5.92 Å². The van der Waals surface area contributed by atoms with Crippen LogP contribution in [0.5, 0.6) is 0 Å². The SMILES string of the molecule is C[Si](C)(C)C/C(=C\C1CCCCC1)C(=O)O. The summed E-state index contributed by atoms with van der Waals surface area (Å²) in [5.74, 6) is -0.177. The fourth-order valence-electron chi connectivity index (χ4n) is 2.36. The number of rotatable bonds is 4. The van der Waals surface area contributed by atoms with Gasteiger partial charge in [0.25, 0.3) is 0 Å². The Labute approximate surface area is 99.8 Å². The van der Waals surface area contributed by atoms with Crippen molar-refractivity contribution in [3.05, 3.63) is 11.6 Å². The molecule has 0 amide bonds. The standard InChI is InChI=1S/C13H24O2Si/c1-16(2,3)10-12(13(14)15)9-11-7-5-4-6-8-11/h9,11H,4-8,10H2,1-3H3,(H,14,15)/b12-9+. The van der Waals surface area contributed by atoms with Crippen molar-refractivity contribution in [3.63, 3.8) is 0 Å². The van der Waals surface area contributed by atoms with Crippen molar-refractivity contribution in [3.8, 4) is 0 Å². The maximum absolute atomic E-state index is 11.2. The number of carbonyl (C=O) groups is 1. The van der Waals surface area contributed by atoms with Gasteiger partial charge in [-0.05, 0) is 24.8 Å². The molecule has 3 heteroatoms. The van der Waals surface area contributed by atoms with E-state index in [0.29, 0.717) is 11.5 Å². The van der Waals surface area contributed by atoms with Gasteiger partial charge in [0.05, 0.1) is 0 Å². The second-order valence-electron chi connectivity index (χ2n) is 6.13. The molecule has 0 aromatic rings. The van der Waals surface area contributed by atoms with Crippen LogP contribution in [-0.4, -0.2) is 19.1 Å². The highest BCUT2D eigenvalue weighted by molar-refractivity contribution is 6.77. The molecule has 0 aromatic carbocycles. The molecule has 1 saturated carbocycles. The third-order valence-corrected chi connectivity index (χ3v) is 4.52. The first-order valence-corrected chi connectivity index (χ1v) is 10.0. The highest BCUT2D eigenvalue weighted by Crippen LogP contribution is 2.27. The maximum Gasteiger partial charge on any atom is 0.330 e. The molecule has 1 rings (SSSR count). The van der Waals surface area contributed by atoms with Crippen LogP contribution in [0.1, 0.15) is 32.1 Å². The van der Waals surface area contributed by atoms with Crippen LogP contribution in [0.3, 0.4) is 0 Å². The molecule has 1 aliphatic carbocycles. The monoisotopic (exact) mass is 240 g/mol. The molecule has 0 atom stereocenters. The maximum atomic E-state index is 11.2. The zero-order chi connectivity index (χ0) is 12.2. The van der Waals surface area contributed by atoms with E-state index in [0.717, 1.165) is 6.04 Å². The fourth-order valence-corrected chi connectivity index (χ4v) is 3.77. The number of hydrogen-bond acceptors (Lipinski definition) is 1. The van der Waals surface area contributed by atoms with Crippen LogP contribution in [0.25, 0.3) is 0 Å². The largest absolute Gasteiger partial charge is 0.478 e. The molecular formula is C13H24O2Si. The summed E-state index contributed by atoms with van der Waals surface area (Å²) in [7, 11) is -1.32. The third kappa shape index (κ3) is 4.97. The Morgan fingerprint density at radius 1 is 1.25 bits per heavy atom. The van der Waals surface area contributed by atoms with Gasteiger partial charge in [-0.3, -0.25) is 0 Å². The average molecular weight is 240 g/mol. The van der Waals surface area contributed by atoms with Crippen LogP contribution >= 0.6 is 0 Å². The molecule has 1 fully saturated rings. The van der Waals surface area contributed by atoms with E-state index in [4.69, 9.17) is 0 Å². The third-order valence-electron chi connectivity index (χ3n) is 3.08. The van der Waals surface area contributed by atoms with E-state index in [2.05, 4.69) is 25.7 Å². The van der Waals surface area contributed by atoms with Crippen molar-refractivity contribution < 1.29 is 9.90 Å². The van der Waals surface area contributed by atoms with E-state index < -0.39 is 14.0 Å². The lowest BCUT2D eigenvalue weighted by Crippen LogP contribution is -2.23. The first-order valence-electron chi connectivity index (χ1n) is 6.32. The fraction of sp³-hybridized carbons (Fsp3) is 0.769. The number of carboxylic acids is 1. The molecule has 0 aromatic heterocycles. The van der Waals surface area contributed by atoms with E-state index in [1.807, 2.05) is 0 Å². The van der Waals surface area contributed by atoms with E-state index in [-0.39, 0.29) is 0 Å². The van der Waals surface area contributed by atoms with Crippen molar-refractivity contribution >= 4 is 14.0 Å². The Morgan fingerprint density at radius 3 is 2.25 bits per heavy atom. The lowest BCUT2D eigenvalue weighted by Gasteiger charge is -2.21. The lowest BCUT2D eigenvalue weighted by molar-refractivity contribution is -0.132. The number of allylic oxidation sites excluding steroid dienone is 1. The Balaban J connectivity index is 2.68. The molecule has 0 bridgehead atoms. The number of aliphatic carboxylic acids is 1. The predicted octanol–water partition coefficient (Wildman–Crippen LogP) is 3.92. The molecule has 0 unspecified atom stereocenters. The first kappa shape index (κ1) is 13.5. The van der Waals surface area contributed by atoms with Crippen molar-refractivity contribution in [1.29, 1.82) is 0 Å². The highest BCUT2D eigenvalue weighted by atomic mass is 28.3. The molecule has 0 saturated heterocycles. The molecule has 1 aliphatic rings. The van der Waals surface area contributed by atoms with Crippen LogP contribution in [0.15, 0.2) is 11.6 Å². The second-order valence-corrected chi connectivity index (χ2v) is 11.6. The molecule has 0 aliphatic heterocycles. The summed E-state index contributed by atoms with van der Waals surface area (Å²) >= 11 is 0. The number of carboxylic acid groups (broad SMARTS) is 1. The van der Waals surface area contributed by atoms with Gasteiger partial charge in [-0.15, -0.1) is 0 Å². The Kier molecular flexibility index (Phi) is 4.78. The minimum atomic E-state index is -1.32. The Bertz CT molecular complexity index is 270. The van der Waals surface area contributed by atoms with Gasteiger partial charge >= 0.3 is 5.97 Å². The normalized spacial score (nSPS) is 19.8. The summed E-state index contributed by atoms with van der Waals surface area (Å²) in [6.07, 6.45) is 8.27. The first-order chi connectivity index (χ1) is 7.38. The van der Waals surface area contributed by atoms with E-state index >= 15 is 0 Å². The summed E-state index contributed by atoms with van der Waals surface area (Å²) in [5, 5.41) is 9.22. The molecule has 0 radical (unpaired) electrons. The van der Waals surface area contributed by atoms with Crippen molar-refractivity contribution in [2.45, 2.75) is 57.8 Å². The summed E-state index contributed by atoms with van der Waals surface area (Å²) in [4.78, 5) is 11.2. The summed E-state index contributed by atoms with van der Waals surface area (Å²) in [6.45, 7) is 6.68. The molecule has 2 nitrogen and oxygen atoms in total. The van der Waals surface area contributed by atoms with Gasteiger partial charge in [0.15, 0.2) is 0 Å². The Hall–Kier alpha value is -0.573. The molecule has 0 spiro atoms. The van der Waals surface area contributed by atoms with Crippen LogP contribution in [-0.2, 0) is 4.79 Å². The van der Waals surface area contributed by atoms with Crippen LogP contribution in [0.2, 0.25) is 25.7 Å². The Morgan fingerprint density at radius 2 is 1.81 bits per heavy atom. The van der Waals surface area contributed by atoms with Gasteiger partial charge in [-0.1, -0.05) is 45.0 Å². The zero-order valence-corrected chi connectivity index (χ0v) is 11.8. The van der Waals surface area contributed by atoms with E-state index in [1.54, 1.807) is 0 Å². The van der Waals surface area contributed by atoms with Gasteiger partial charge < -0.3 is 5.11 Å². The highest BCUT2D eigenvalue weighted by Gasteiger charge is 2.21. The van der Waals surface area contributed by atoms with Gasteiger partial charge in [-0.25, -0.2) is 4.79 Å². The summed E-state index contributed by atoms with van der Waals surface area (Å²) in [6, 6.07) is 0.804. The molecule has 0 heterocycles. The predicted molar refractivity (Wildman–Crippen MR) is 70.4 cm³/mol. The van der Waals surface area contributed by atoms with Crippen LogP contribution in [0.4, 0.5) is 0 Å². The van der Waals surface area contributed by atoms with Gasteiger partial charge in [0, 0.05) is 13.6 Å². The molecule has 16 heavy (non-hydrogen) atoms. The topological polar surface area (TPSA) is 37.3 Å². The zero-order valence-electron chi connectivity index (χ0n) is 10.8. The van der Waals surface area contributed by atoms with Crippen LogP contribution in [0, 0.1) is 5.92 Å². The number of hydrogen-bond donors (Lipinski definition) is 1. The summed E-state index contributed by atoms with van der Waals surface area (Å²) in [5.41, 5.74) is 0.672. The molecule has 92 valence electrons. The van der Waals surface area contributed by atoms with Crippen molar-refractivity contribution in [1.82, 2.24) is 0 Å². The van der Waals surface area contributed by atoms with Crippen molar-refractivity contribution in [2.75, 3.05) is 0 Å².